The molecule has 0 heterocycles. The highest BCUT2D eigenvalue weighted by Crippen LogP contribution is 2.19. The Morgan fingerprint density at radius 3 is 2.11 bits per heavy atom. The molecular formula is C28H33N3O4S. The number of amides is 2. The van der Waals surface area contributed by atoms with Gasteiger partial charge in [-0.15, -0.1) is 0 Å². The summed E-state index contributed by atoms with van der Waals surface area (Å²) in [6, 6.07) is 22.8. The average molecular weight is 508 g/mol. The molecule has 3 aromatic carbocycles. The lowest BCUT2D eigenvalue weighted by atomic mass is 10.0. The van der Waals surface area contributed by atoms with Gasteiger partial charge in [0.05, 0.1) is 11.4 Å². The Morgan fingerprint density at radius 2 is 1.50 bits per heavy atom. The Morgan fingerprint density at radius 1 is 0.861 bits per heavy atom. The minimum atomic E-state index is -3.89. The molecule has 1 unspecified atom stereocenters. The van der Waals surface area contributed by atoms with E-state index in [2.05, 4.69) is 5.32 Å². The number of hydrogen-bond acceptors (Lipinski definition) is 4. The first kappa shape index (κ1) is 27.1. The number of carbonyl (C=O) groups is 2. The maximum absolute atomic E-state index is 13.7. The Bertz CT molecular complexity index is 1290. The number of likely N-dealkylation sites (N-methyl/N-ethyl adjacent to an activating group) is 2. The standard InChI is InChI=1S/C28H33N3O4S/c1-21-13-15-25(16-14-21)36(34,35)30(4)20-27(32)31(19-24-12-8-9-22(2)17-24)26(28(33)29-3)18-23-10-6-5-7-11-23/h5-17,26H,18-20H2,1-4H3,(H,29,33). The highest BCUT2D eigenvalue weighted by molar-refractivity contribution is 7.89. The molecule has 0 saturated carbocycles. The van der Waals surface area contributed by atoms with Gasteiger partial charge in [0, 0.05) is 27.1 Å². The van der Waals surface area contributed by atoms with Gasteiger partial charge in [-0.3, -0.25) is 9.59 Å². The van der Waals surface area contributed by atoms with Gasteiger partial charge in [-0.2, -0.15) is 4.31 Å². The van der Waals surface area contributed by atoms with Crippen molar-refractivity contribution in [3.05, 3.63) is 101 Å². The SMILES string of the molecule is CNC(=O)C(Cc1ccccc1)N(Cc1cccc(C)c1)C(=O)CN(C)S(=O)(=O)c1ccc(C)cc1. The summed E-state index contributed by atoms with van der Waals surface area (Å²) in [7, 11) is -0.979. The first-order valence-corrected chi connectivity index (χ1v) is 13.2. The predicted molar refractivity (Wildman–Crippen MR) is 141 cm³/mol. The zero-order valence-corrected chi connectivity index (χ0v) is 22.0. The summed E-state index contributed by atoms with van der Waals surface area (Å²) >= 11 is 0. The van der Waals surface area contributed by atoms with Crippen molar-refractivity contribution in [1.82, 2.24) is 14.5 Å². The topological polar surface area (TPSA) is 86.8 Å². The molecule has 0 radical (unpaired) electrons. The van der Waals surface area contributed by atoms with Gasteiger partial charge in [0.1, 0.15) is 6.04 Å². The van der Waals surface area contributed by atoms with Crippen LogP contribution in [0.15, 0.2) is 83.8 Å². The van der Waals surface area contributed by atoms with Crippen LogP contribution in [0.25, 0.3) is 0 Å². The van der Waals surface area contributed by atoms with Crippen LogP contribution in [0.5, 0.6) is 0 Å². The molecule has 190 valence electrons. The van der Waals surface area contributed by atoms with Crippen molar-refractivity contribution < 1.29 is 18.0 Å². The molecule has 36 heavy (non-hydrogen) atoms. The van der Waals surface area contributed by atoms with Gasteiger partial charge in [-0.1, -0.05) is 77.9 Å². The second-order valence-electron chi connectivity index (χ2n) is 8.90. The Hall–Kier alpha value is -3.49. The van der Waals surface area contributed by atoms with Crippen molar-refractivity contribution >= 4 is 21.8 Å². The quantitative estimate of drug-likeness (QED) is 0.456. The minimum Gasteiger partial charge on any atom is -0.357 e. The summed E-state index contributed by atoms with van der Waals surface area (Å²) in [4.78, 5) is 28.3. The van der Waals surface area contributed by atoms with Gasteiger partial charge in [0.2, 0.25) is 21.8 Å². The number of sulfonamides is 1. The normalized spacial score (nSPS) is 12.2. The summed E-state index contributed by atoms with van der Waals surface area (Å²) in [6.07, 6.45) is 0.298. The third-order valence-electron chi connectivity index (χ3n) is 6.04. The monoisotopic (exact) mass is 507 g/mol. The first-order chi connectivity index (χ1) is 17.1. The van der Waals surface area contributed by atoms with E-state index >= 15 is 0 Å². The molecule has 0 fully saturated rings. The van der Waals surface area contributed by atoms with Gasteiger partial charge in [0.25, 0.3) is 0 Å². The maximum atomic E-state index is 13.7. The lowest BCUT2D eigenvalue weighted by Crippen LogP contribution is -2.52. The molecule has 0 aliphatic rings. The molecule has 3 rings (SSSR count). The molecular weight excluding hydrogens is 474 g/mol. The molecule has 0 aliphatic heterocycles. The summed E-state index contributed by atoms with van der Waals surface area (Å²) in [5, 5.41) is 2.67. The van der Waals surface area contributed by atoms with Crippen LogP contribution in [0.3, 0.4) is 0 Å². The zero-order valence-electron chi connectivity index (χ0n) is 21.1. The average Bonchev–Trinajstić information content (AvgIpc) is 2.86. The van der Waals surface area contributed by atoms with Crippen LogP contribution < -0.4 is 5.32 Å². The number of rotatable bonds is 10. The third kappa shape index (κ3) is 6.80. The molecule has 1 atom stereocenters. The lowest BCUT2D eigenvalue weighted by molar-refractivity contribution is -0.141. The molecule has 0 bridgehead atoms. The van der Waals surface area contributed by atoms with E-state index in [9.17, 15) is 18.0 Å². The zero-order chi connectivity index (χ0) is 26.3. The fourth-order valence-corrected chi connectivity index (χ4v) is 5.10. The number of hydrogen-bond donors (Lipinski definition) is 1. The van der Waals surface area contributed by atoms with Gasteiger partial charge < -0.3 is 10.2 Å². The van der Waals surface area contributed by atoms with Gasteiger partial charge in [-0.25, -0.2) is 8.42 Å². The number of nitrogens with one attached hydrogen (secondary N) is 1. The Kier molecular flexibility index (Phi) is 9.01. The van der Waals surface area contributed by atoms with E-state index in [4.69, 9.17) is 0 Å². The molecule has 8 heteroatoms. The van der Waals surface area contributed by atoms with Crippen LogP contribution in [0.4, 0.5) is 0 Å². The fourth-order valence-electron chi connectivity index (χ4n) is 3.98. The molecule has 0 saturated heterocycles. The van der Waals surface area contributed by atoms with Crippen molar-refractivity contribution in [3.63, 3.8) is 0 Å². The van der Waals surface area contributed by atoms with Crippen LogP contribution in [0.2, 0.25) is 0 Å². The summed E-state index contributed by atoms with van der Waals surface area (Å²) in [5.41, 5.74) is 3.72. The van der Waals surface area contributed by atoms with E-state index in [1.807, 2.05) is 68.4 Å². The van der Waals surface area contributed by atoms with Crippen LogP contribution >= 0.6 is 0 Å². The third-order valence-corrected chi connectivity index (χ3v) is 7.86. The van der Waals surface area contributed by atoms with Crippen molar-refractivity contribution in [1.29, 1.82) is 0 Å². The predicted octanol–water partition coefficient (Wildman–Crippen LogP) is 3.31. The highest BCUT2D eigenvalue weighted by Gasteiger charge is 2.32. The van der Waals surface area contributed by atoms with E-state index in [0.717, 1.165) is 26.6 Å². The molecule has 0 spiro atoms. The van der Waals surface area contributed by atoms with Crippen LogP contribution in [0.1, 0.15) is 22.3 Å². The van der Waals surface area contributed by atoms with E-state index in [1.54, 1.807) is 12.1 Å². The van der Waals surface area contributed by atoms with Crippen molar-refractivity contribution in [2.75, 3.05) is 20.6 Å². The lowest BCUT2D eigenvalue weighted by Gasteiger charge is -2.32. The Labute approximate surface area is 213 Å². The summed E-state index contributed by atoms with van der Waals surface area (Å²) in [5.74, 6) is -0.775. The van der Waals surface area contributed by atoms with Gasteiger partial charge in [0.15, 0.2) is 0 Å². The molecule has 2 amide bonds. The highest BCUT2D eigenvalue weighted by atomic mass is 32.2. The second-order valence-corrected chi connectivity index (χ2v) is 10.9. The number of carbonyl (C=O) groups excluding carboxylic acids is 2. The smallest absolute Gasteiger partial charge is 0.243 e. The van der Waals surface area contributed by atoms with E-state index in [1.165, 1.54) is 31.1 Å². The Balaban J connectivity index is 1.94. The van der Waals surface area contributed by atoms with E-state index in [0.29, 0.717) is 6.42 Å². The first-order valence-electron chi connectivity index (χ1n) is 11.8. The van der Waals surface area contributed by atoms with Gasteiger partial charge >= 0.3 is 0 Å². The van der Waals surface area contributed by atoms with Crippen molar-refractivity contribution in [2.45, 2.75) is 37.8 Å². The molecule has 1 N–H and O–H groups in total. The van der Waals surface area contributed by atoms with Crippen LogP contribution in [-0.2, 0) is 32.6 Å². The number of aryl methyl sites for hydroxylation is 2. The number of benzene rings is 3. The molecule has 7 nitrogen and oxygen atoms in total. The molecule has 3 aromatic rings. The van der Waals surface area contributed by atoms with E-state index in [-0.39, 0.29) is 17.3 Å². The molecule has 0 aromatic heterocycles. The van der Waals surface area contributed by atoms with Crippen molar-refractivity contribution in [3.8, 4) is 0 Å². The fraction of sp³-hybridized carbons (Fsp3) is 0.286. The molecule has 0 aliphatic carbocycles. The number of nitrogens with zero attached hydrogens (tertiary/aromatic N) is 2. The van der Waals surface area contributed by atoms with Crippen LogP contribution in [-0.4, -0.2) is 56.1 Å². The van der Waals surface area contributed by atoms with Crippen molar-refractivity contribution in [2.24, 2.45) is 0 Å². The van der Waals surface area contributed by atoms with Crippen LogP contribution in [0, 0.1) is 13.8 Å². The maximum Gasteiger partial charge on any atom is 0.243 e. The minimum absolute atomic E-state index is 0.112. The van der Waals surface area contributed by atoms with Gasteiger partial charge in [-0.05, 0) is 37.1 Å². The largest absolute Gasteiger partial charge is 0.357 e. The summed E-state index contributed by atoms with van der Waals surface area (Å²) < 4.78 is 27.3. The van der Waals surface area contributed by atoms with E-state index < -0.39 is 28.5 Å². The second kappa shape index (κ2) is 12.0. The summed E-state index contributed by atoms with van der Waals surface area (Å²) in [6.45, 7) is 3.60.